The molecule has 0 unspecified atom stereocenters. The van der Waals surface area contributed by atoms with E-state index in [-0.39, 0.29) is 16.6 Å². The number of hydrogen-bond acceptors (Lipinski definition) is 4. The van der Waals surface area contributed by atoms with Crippen LogP contribution in [-0.2, 0) is 10.0 Å². The van der Waals surface area contributed by atoms with Crippen LogP contribution in [-0.4, -0.2) is 47.0 Å². The van der Waals surface area contributed by atoms with Gasteiger partial charge in [-0.3, -0.25) is 4.79 Å². The molecule has 6 nitrogen and oxygen atoms in total. The van der Waals surface area contributed by atoms with Crippen molar-refractivity contribution in [3.63, 3.8) is 0 Å². The summed E-state index contributed by atoms with van der Waals surface area (Å²) in [5.74, 6) is 0.309. The van der Waals surface area contributed by atoms with E-state index in [1.165, 1.54) is 26.3 Å². The minimum atomic E-state index is -3.69. The summed E-state index contributed by atoms with van der Waals surface area (Å²) in [5, 5.41) is 0. The molecular formula is C14H22N2O4S. The van der Waals surface area contributed by atoms with Crippen LogP contribution in [0.2, 0.25) is 0 Å². The van der Waals surface area contributed by atoms with Crippen LogP contribution in [0.15, 0.2) is 23.1 Å². The molecule has 0 saturated carbocycles. The van der Waals surface area contributed by atoms with Gasteiger partial charge in [-0.15, -0.1) is 0 Å². The second-order valence-corrected chi connectivity index (χ2v) is 7.01. The van der Waals surface area contributed by atoms with Crippen molar-refractivity contribution >= 4 is 15.9 Å². The highest BCUT2D eigenvalue weighted by Crippen LogP contribution is 2.25. The zero-order chi connectivity index (χ0) is 16.2. The van der Waals surface area contributed by atoms with E-state index in [1.807, 2.05) is 13.8 Å². The largest absolute Gasteiger partial charge is 0.495 e. The summed E-state index contributed by atoms with van der Waals surface area (Å²) in [5.41, 5.74) is 0.313. The Bertz CT molecular complexity index is 611. The molecule has 1 aromatic rings. The van der Waals surface area contributed by atoms with E-state index in [1.54, 1.807) is 18.0 Å². The fraction of sp³-hybridized carbons (Fsp3) is 0.500. The number of nitrogens with one attached hydrogen (secondary N) is 1. The van der Waals surface area contributed by atoms with E-state index in [0.717, 1.165) is 0 Å². The lowest BCUT2D eigenvalue weighted by molar-refractivity contribution is 0.0779. The van der Waals surface area contributed by atoms with Gasteiger partial charge < -0.3 is 9.64 Å². The number of methoxy groups -OCH3 is 1. The molecule has 21 heavy (non-hydrogen) atoms. The van der Waals surface area contributed by atoms with E-state index in [9.17, 15) is 13.2 Å². The lowest BCUT2D eigenvalue weighted by Crippen LogP contribution is -2.30. The molecule has 0 aliphatic carbocycles. The van der Waals surface area contributed by atoms with Crippen molar-refractivity contribution in [3.8, 4) is 5.75 Å². The first-order valence-corrected chi connectivity index (χ1v) is 8.08. The van der Waals surface area contributed by atoms with Crippen LogP contribution in [0.25, 0.3) is 0 Å². The van der Waals surface area contributed by atoms with Crippen molar-refractivity contribution in [2.45, 2.75) is 18.7 Å². The molecule has 0 radical (unpaired) electrons. The highest BCUT2D eigenvalue weighted by atomic mass is 32.2. The lowest BCUT2D eigenvalue weighted by atomic mass is 10.1. The highest BCUT2D eigenvalue weighted by Gasteiger charge is 2.21. The molecule has 118 valence electrons. The van der Waals surface area contributed by atoms with Crippen LogP contribution in [0.5, 0.6) is 5.75 Å². The standard InChI is InChI=1S/C14H22N2O4S/c1-10(2)9-16(4)14(17)11-6-7-12(20-5)13(8-11)21(18,19)15-3/h6-8,10,15H,9H2,1-5H3. The molecule has 0 aliphatic rings. The van der Waals surface area contributed by atoms with E-state index < -0.39 is 10.0 Å². The van der Waals surface area contributed by atoms with Crippen LogP contribution in [0, 0.1) is 5.92 Å². The number of sulfonamides is 1. The topological polar surface area (TPSA) is 75.7 Å². The summed E-state index contributed by atoms with van der Waals surface area (Å²) in [6.45, 7) is 4.61. The maximum Gasteiger partial charge on any atom is 0.253 e. The molecule has 0 saturated heterocycles. The first-order valence-electron chi connectivity index (χ1n) is 6.60. The molecular weight excluding hydrogens is 292 g/mol. The first kappa shape index (κ1) is 17.5. The minimum Gasteiger partial charge on any atom is -0.495 e. The van der Waals surface area contributed by atoms with Crippen LogP contribution >= 0.6 is 0 Å². The summed E-state index contributed by atoms with van der Waals surface area (Å²) in [6, 6.07) is 4.39. The highest BCUT2D eigenvalue weighted by molar-refractivity contribution is 7.89. The van der Waals surface area contributed by atoms with Crippen LogP contribution in [0.3, 0.4) is 0 Å². The Morgan fingerprint density at radius 1 is 1.38 bits per heavy atom. The maximum absolute atomic E-state index is 12.3. The quantitative estimate of drug-likeness (QED) is 0.859. The summed E-state index contributed by atoms with van der Waals surface area (Å²) < 4.78 is 31.3. The fourth-order valence-electron chi connectivity index (χ4n) is 1.98. The number of ether oxygens (including phenoxy) is 1. The lowest BCUT2D eigenvalue weighted by Gasteiger charge is -2.20. The SMILES string of the molecule is CNS(=O)(=O)c1cc(C(=O)N(C)CC(C)C)ccc1OC. The van der Waals surface area contributed by atoms with Gasteiger partial charge >= 0.3 is 0 Å². The molecule has 1 N–H and O–H groups in total. The van der Waals surface area contributed by atoms with E-state index in [0.29, 0.717) is 18.0 Å². The average molecular weight is 314 g/mol. The molecule has 7 heteroatoms. The van der Waals surface area contributed by atoms with Crippen molar-refractivity contribution in [1.82, 2.24) is 9.62 Å². The van der Waals surface area contributed by atoms with Gasteiger partial charge in [-0.1, -0.05) is 13.8 Å². The third kappa shape index (κ3) is 4.18. The van der Waals surface area contributed by atoms with Gasteiger partial charge in [0.05, 0.1) is 7.11 Å². The van der Waals surface area contributed by atoms with Crippen LogP contribution in [0.1, 0.15) is 24.2 Å². The Labute approximate surface area is 126 Å². The molecule has 1 aromatic carbocycles. The molecule has 0 atom stereocenters. The van der Waals surface area contributed by atoms with E-state index in [2.05, 4.69) is 4.72 Å². The van der Waals surface area contributed by atoms with Crippen molar-refractivity contribution in [2.75, 3.05) is 27.7 Å². The predicted octanol–water partition coefficient (Wildman–Crippen LogP) is 1.33. The monoisotopic (exact) mass is 314 g/mol. The normalized spacial score (nSPS) is 11.5. The number of benzene rings is 1. The molecule has 1 rings (SSSR count). The molecule has 0 spiro atoms. The van der Waals surface area contributed by atoms with Gasteiger partial charge in [-0.25, -0.2) is 13.1 Å². The molecule has 1 amide bonds. The van der Waals surface area contributed by atoms with Gasteiger partial charge in [0.2, 0.25) is 10.0 Å². The fourth-order valence-corrected chi connectivity index (χ4v) is 2.90. The van der Waals surface area contributed by atoms with Gasteiger partial charge in [0.15, 0.2) is 0 Å². The third-order valence-corrected chi connectivity index (χ3v) is 4.39. The molecule has 0 heterocycles. The van der Waals surface area contributed by atoms with Crippen molar-refractivity contribution < 1.29 is 17.9 Å². The smallest absolute Gasteiger partial charge is 0.253 e. The zero-order valence-electron chi connectivity index (χ0n) is 13.0. The van der Waals surface area contributed by atoms with Crippen molar-refractivity contribution in [3.05, 3.63) is 23.8 Å². The van der Waals surface area contributed by atoms with Crippen molar-refractivity contribution in [1.29, 1.82) is 0 Å². The minimum absolute atomic E-state index is 0.0451. The molecule has 0 bridgehead atoms. The number of carbonyl (C=O) groups is 1. The Morgan fingerprint density at radius 2 is 2.00 bits per heavy atom. The second-order valence-electron chi connectivity index (χ2n) is 5.15. The average Bonchev–Trinajstić information content (AvgIpc) is 2.45. The van der Waals surface area contributed by atoms with Crippen molar-refractivity contribution in [2.24, 2.45) is 5.92 Å². The van der Waals surface area contributed by atoms with Gasteiger partial charge in [0.1, 0.15) is 10.6 Å². The number of carbonyl (C=O) groups excluding carboxylic acids is 1. The van der Waals surface area contributed by atoms with Crippen LogP contribution < -0.4 is 9.46 Å². The van der Waals surface area contributed by atoms with Crippen LogP contribution in [0.4, 0.5) is 0 Å². The molecule has 0 aliphatic heterocycles. The Morgan fingerprint density at radius 3 is 2.48 bits per heavy atom. The Kier molecular flexibility index (Phi) is 5.74. The maximum atomic E-state index is 12.3. The molecule has 0 fully saturated rings. The summed E-state index contributed by atoms with van der Waals surface area (Å²) in [7, 11) is 0.701. The summed E-state index contributed by atoms with van der Waals surface area (Å²) in [4.78, 5) is 13.8. The Hall–Kier alpha value is -1.60. The van der Waals surface area contributed by atoms with Gasteiger partial charge in [-0.2, -0.15) is 0 Å². The van der Waals surface area contributed by atoms with E-state index in [4.69, 9.17) is 4.74 Å². The first-order chi connectivity index (χ1) is 9.72. The zero-order valence-corrected chi connectivity index (χ0v) is 13.8. The predicted molar refractivity (Wildman–Crippen MR) is 81.0 cm³/mol. The number of hydrogen-bond donors (Lipinski definition) is 1. The van der Waals surface area contributed by atoms with E-state index >= 15 is 0 Å². The summed E-state index contributed by atoms with van der Waals surface area (Å²) >= 11 is 0. The molecule has 0 aromatic heterocycles. The third-order valence-electron chi connectivity index (χ3n) is 2.95. The van der Waals surface area contributed by atoms with Gasteiger partial charge in [-0.05, 0) is 31.2 Å². The number of nitrogens with zero attached hydrogens (tertiary/aromatic N) is 1. The number of amides is 1. The second kappa shape index (κ2) is 6.91. The van der Waals surface area contributed by atoms with Gasteiger partial charge in [0.25, 0.3) is 5.91 Å². The summed E-state index contributed by atoms with van der Waals surface area (Å²) in [6.07, 6.45) is 0. The number of rotatable bonds is 6. The Balaban J connectivity index is 3.23. The van der Waals surface area contributed by atoms with Gasteiger partial charge in [0, 0.05) is 19.2 Å².